The number of rotatable bonds is 6. The van der Waals surface area contributed by atoms with E-state index in [4.69, 9.17) is 9.47 Å². The van der Waals surface area contributed by atoms with E-state index in [-0.39, 0.29) is 12.0 Å². The van der Waals surface area contributed by atoms with Crippen LogP contribution in [-0.4, -0.2) is 66.2 Å². The fraction of sp³-hybridized carbons (Fsp3) is 0.421. The van der Waals surface area contributed by atoms with E-state index >= 15 is 0 Å². The minimum Gasteiger partial charge on any atom is -0.494 e. The molecule has 0 atom stereocenters. The van der Waals surface area contributed by atoms with Gasteiger partial charge in [0, 0.05) is 37.2 Å². The Bertz CT molecular complexity index is 801. The van der Waals surface area contributed by atoms with E-state index in [1.54, 1.807) is 22.1 Å². The van der Waals surface area contributed by atoms with E-state index in [1.165, 1.54) is 11.3 Å². The number of thiazole rings is 1. The molecule has 0 spiro atoms. The van der Waals surface area contributed by atoms with Gasteiger partial charge in [-0.15, -0.1) is 11.3 Å². The van der Waals surface area contributed by atoms with E-state index < -0.39 is 0 Å². The number of nitrogens with one attached hydrogen (secondary N) is 1. The molecule has 9 heteroatoms. The first-order valence-corrected chi connectivity index (χ1v) is 10.1. The van der Waals surface area contributed by atoms with E-state index in [0.29, 0.717) is 50.2 Å². The molecular weight excluding hydrogens is 380 g/mol. The van der Waals surface area contributed by atoms with Crippen LogP contribution in [0.25, 0.3) is 0 Å². The summed E-state index contributed by atoms with van der Waals surface area (Å²) in [5, 5.41) is 5.60. The second-order valence-corrected chi connectivity index (χ2v) is 6.96. The van der Waals surface area contributed by atoms with Crippen LogP contribution >= 0.6 is 11.3 Å². The van der Waals surface area contributed by atoms with Gasteiger partial charge in [-0.1, -0.05) is 0 Å². The maximum Gasteiger partial charge on any atom is 0.409 e. The monoisotopic (exact) mass is 404 g/mol. The summed E-state index contributed by atoms with van der Waals surface area (Å²) in [6.07, 6.45) is -0.329. The van der Waals surface area contributed by atoms with Gasteiger partial charge >= 0.3 is 6.09 Å². The number of piperazine rings is 1. The van der Waals surface area contributed by atoms with Crippen molar-refractivity contribution in [2.45, 2.75) is 13.8 Å². The molecule has 1 fully saturated rings. The highest BCUT2D eigenvalue weighted by atomic mass is 32.1. The summed E-state index contributed by atoms with van der Waals surface area (Å²) in [6.45, 7) is 6.56. The minimum atomic E-state index is -0.329. The first kappa shape index (κ1) is 19.9. The molecule has 0 saturated carbocycles. The lowest BCUT2D eigenvalue weighted by Gasteiger charge is -2.33. The molecule has 8 nitrogen and oxygen atoms in total. The highest BCUT2D eigenvalue weighted by Crippen LogP contribution is 2.23. The third kappa shape index (κ3) is 4.92. The summed E-state index contributed by atoms with van der Waals surface area (Å²) in [4.78, 5) is 32.2. The van der Waals surface area contributed by atoms with Crippen molar-refractivity contribution in [3.8, 4) is 5.75 Å². The summed E-state index contributed by atoms with van der Waals surface area (Å²) in [5.74, 6) is 0.685. The van der Waals surface area contributed by atoms with Crippen LogP contribution < -0.4 is 10.1 Å². The molecule has 2 aromatic rings. The van der Waals surface area contributed by atoms with Crippen LogP contribution in [0.4, 0.5) is 15.6 Å². The van der Waals surface area contributed by atoms with Crippen LogP contribution in [0.5, 0.6) is 5.75 Å². The van der Waals surface area contributed by atoms with Crippen LogP contribution in [0.15, 0.2) is 29.6 Å². The van der Waals surface area contributed by atoms with Gasteiger partial charge in [0.15, 0.2) is 5.13 Å². The van der Waals surface area contributed by atoms with Crippen molar-refractivity contribution in [1.82, 2.24) is 14.8 Å². The average Bonchev–Trinajstić information content (AvgIpc) is 3.18. The van der Waals surface area contributed by atoms with Crippen LogP contribution in [-0.2, 0) is 4.74 Å². The molecule has 1 aliphatic rings. The van der Waals surface area contributed by atoms with Crippen LogP contribution in [0.3, 0.4) is 0 Å². The zero-order valence-electron chi connectivity index (χ0n) is 16.0. The number of hydrogen-bond acceptors (Lipinski definition) is 7. The first-order chi connectivity index (χ1) is 13.6. The van der Waals surface area contributed by atoms with E-state index in [2.05, 4.69) is 10.3 Å². The number of aromatic nitrogens is 1. The van der Waals surface area contributed by atoms with Crippen LogP contribution in [0.2, 0.25) is 0 Å². The third-order valence-corrected chi connectivity index (χ3v) is 4.99. The molecule has 28 heavy (non-hydrogen) atoms. The lowest BCUT2D eigenvalue weighted by atomic mass is 10.3. The Kier molecular flexibility index (Phi) is 6.70. The SMILES string of the molecule is CCOC(=O)N1CCN(C(=O)c2csc(Nc3ccc(OCC)cc3)n2)CC1. The Morgan fingerprint density at radius 3 is 2.39 bits per heavy atom. The number of ether oxygens (including phenoxy) is 2. The Balaban J connectivity index is 1.55. The highest BCUT2D eigenvalue weighted by Gasteiger charge is 2.26. The second-order valence-electron chi connectivity index (χ2n) is 6.10. The molecule has 2 heterocycles. The van der Waals surface area contributed by atoms with Crippen molar-refractivity contribution in [2.75, 3.05) is 44.7 Å². The zero-order valence-corrected chi connectivity index (χ0v) is 16.8. The molecule has 3 rings (SSSR count). The van der Waals surface area contributed by atoms with Crippen molar-refractivity contribution in [2.24, 2.45) is 0 Å². The molecule has 0 unspecified atom stereocenters. The van der Waals surface area contributed by atoms with Gasteiger partial charge in [-0.05, 0) is 38.1 Å². The molecule has 1 saturated heterocycles. The molecule has 1 N–H and O–H groups in total. The van der Waals surface area contributed by atoms with Gasteiger partial charge in [-0.2, -0.15) is 0 Å². The average molecular weight is 404 g/mol. The molecule has 0 bridgehead atoms. The Morgan fingerprint density at radius 2 is 1.75 bits per heavy atom. The maximum absolute atomic E-state index is 12.7. The minimum absolute atomic E-state index is 0.125. The fourth-order valence-electron chi connectivity index (χ4n) is 2.82. The number of anilines is 2. The van der Waals surface area contributed by atoms with Crippen molar-refractivity contribution < 1.29 is 19.1 Å². The van der Waals surface area contributed by atoms with Gasteiger partial charge in [-0.25, -0.2) is 9.78 Å². The zero-order chi connectivity index (χ0) is 19.9. The summed E-state index contributed by atoms with van der Waals surface area (Å²) in [5.41, 5.74) is 1.28. The van der Waals surface area contributed by atoms with Gasteiger partial charge in [0.05, 0.1) is 13.2 Å². The van der Waals surface area contributed by atoms with E-state index in [0.717, 1.165) is 11.4 Å². The second kappa shape index (κ2) is 9.41. The third-order valence-electron chi connectivity index (χ3n) is 4.23. The number of amides is 2. The number of carbonyl (C=O) groups is 2. The molecule has 1 aromatic heterocycles. The number of benzene rings is 1. The Morgan fingerprint density at radius 1 is 1.07 bits per heavy atom. The molecule has 150 valence electrons. The predicted octanol–water partition coefficient (Wildman–Crippen LogP) is 3.20. The highest BCUT2D eigenvalue weighted by molar-refractivity contribution is 7.14. The van der Waals surface area contributed by atoms with Crippen LogP contribution in [0, 0.1) is 0 Å². The standard InChI is InChI=1S/C19H24N4O4S/c1-3-26-15-7-5-14(6-8-15)20-18-21-16(13-28-18)17(24)22-9-11-23(12-10-22)19(25)27-4-2/h5-8,13H,3-4,9-12H2,1-2H3,(H,20,21). The van der Waals surface area contributed by atoms with Gasteiger partial charge in [0.25, 0.3) is 5.91 Å². The summed E-state index contributed by atoms with van der Waals surface area (Å²) < 4.78 is 10.4. The molecular formula is C19H24N4O4S. The predicted molar refractivity (Wildman–Crippen MR) is 108 cm³/mol. The molecule has 0 radical (unpaired) electrons. The summed E-state index contributed by atoms with van der Waals surface area (Å²) in [6, 6.07) is 7.58. The summed E-state index contributed by atoms with van der Waals surface area (Å²) in [7, 11) is 0. The van der Waals surface area contributed by atoms with Crippen molar-refractivity contribution >= 4 is 34.2 Å². The quantitative estimate of drug-likeness (QED) is 0.796. The molecule has 0 aliphatic carbocycles. The number of nitrogens with zero attached hydrogens (tertiary/aromatic N) is 3. The number of hydrogen-bond donors (Lipinski definition) is 1. The molecule has 1 aromatic carbocycles. The molecule has 2 amide bonds. The number of carbonyl (C=O) groups excluding carboxylic acids is 2. The van der Waals surface area contributed by atoms with Crippen molar-refractivity contribution in [3.63, 3.8) is 0 Å². The van der Waals surface area contributed by atoms with E-state index in [9.17, 15) is 9.59 Å². The van der Waals surface area contributed by atoms with Gasteiger partial charge in [0.1, 0.15) is 11.4 Å². The maximum atomic E-state index is 12.7. The Hall–Kier alpha value is -2.81. The lowest BCUT2D eigenvalue weighted by molar-refractivity contribution is 0.0566. The smallest absolute Gasteiger partial charge is 0.409 e. The van der Waals surface area contributed by atoms with Gasteiger partial charge < -0.3 is 24.6 Å². The Labute approximate surface area is 168 Å². The van der Waals surface area contributed by atoms with Gasteiger partial charge in [0.2, 0.25) is 0 Å². The topological polar surface area (TPSA) is 84.0 Å². The van der Waals surface area contributed by atoms with Crippen molar-refractivity contribution in [1.29, 1.82) is 0 Å². The van der Waals surface area contributed by atoms with Crippen LogP contribution in [0.1, 0.15) is 24.3 Å². The first-order valence-electron chi connectivity index (χ1n) is 9.27. The van der Waals surface area contributed by atoms with Crippen molar-refractivity contribution in [3.05, 3.63) is 35.3 Å². The lowest BCUT2D eigenvalue weighted by Crippen LogP contribution is -2.50. The largest absolute Gasteiger partial charge is 0.494 e. The fourth-order valence-corrected chi connectivity index (χ4v) is 3.53. The molecule has 1 aliphatic heterocycles. The van der Waals surface area contributed by atoms with Gasteiger partial charge in [-0.3, -0.25) is 4.79 Å². The summed E-state index contributed by atoms with van der Waals surface area (Å²) >= 11 is 1.38. The normalized spacial score (nSPS) is 13.9. The van der Waals surface area contributed by atoms with E-state index in [1.807, 2.05) is 31.2 Å².